The second-order valence-corrected chi connectivity index (χ2v) is 11.2. The lowest BCUT2D eigenvalue weighted by Gasteiger charge is -2.38. The van der Waals surface area contributed by atoms with E-state index >= 15 is 0 Å². The minimum Gasteiger partial charge on any atom is -0.495 e. The third-order valence-corrected chi connectivity index (χ3v) is 7.72. The van der Waals surface area contributed by atoms with E-state index in [0.29, 0.717) is 6.21 Å². The molecule has 1 aliphatic rings. The SMILES string of the molecule is COc1cc(C(O)NCC(=O)O)cc(OC2OC(C(=O)O)[C@@H](O)[C@H](O)[C@H]2O)c1SCCC(NCCCC(=N)C(=O)O)C(=O)N=CC(=O)O. The third-order valence-electron chi connectivity index (χ3n) is 6.59. The molecule has 48 heavy (non-hydrogen) atoms. The van der Waals surface area contributed by atoms with Crippen LogP contribution in [0.4, 0.5) is 0 Å². The van der Waals surface area contributed by atoms with E-state index < -0.39 is 85.0 Å². The molecule has 21 heteroatoms. The number of ether oxygens (including phenoxy) is 3. The number of hydrogen-bond donors (Lipinski definition) is 11. The van der Waals surface area contributed by atoms with Crippen molar-refractivity contribution in [1.29, 1.82) is 5.41 Å². The molecular formula is C27H36N4O16S. The summed E-state index contributed by atoms with van der Waals surface area (Å²) < 4.78 is 16.4. The molecule has 1 amide bonds. The number of amides is 1. The maximum atomic E-state index is 12.7. The molecule has 4 unspecified atom stereocenters. The molecule has 0 saturated carbocycles. The second kappa shape index (κ2) is 18.9. The number of aliphatic imine (C=N–C) groups is 1. The van der Waals surface area contributed by atoms with Crippen LogP contribution in [0.2, 0.25) is 0 Å². The standard InChI is InChI=1S/C27H36N4O16S/c1-45-14-7-11(23(39)30-9-16(32)33)8-15(46-27-20(38)18(36)19(37)21(47-27)26(43)44)22(14)48-6-4-13(24(40)31-10-17(34)35)29-5-2-3-12(28)25(41)42/h7-8,10,13,18-21,23,27-30,36-39H,2-6,9H2,1H3,(H,32,33)(H,34,35)(H,41,42)(H,43,44)/t13?,18-,19-,20+,21?,23?,27?/m0/s1. The average Bonchev–Trinajstić information content (AvgIpc) is 3.03. The molecule has 11 N–H and O–H groups in total. The Morgan fingerprint density at radius 2 is 1.71 bits per heavy atom. The molecule has 0 aliphatic carbocycles. The van der Waals surface area contributed by atoms with Crippen LogP contribution < -0.4 is 20.1 Å². The zero-order chi connectivity index (χ0) is 36.1. The largest absolute Gasteiger partial charge is 0.495 e. The number of carbonyl (C=O) groups is 5. The van der Waals surface area contributed by atoms with Crippen LogP contribution in [0.3, 0.4) is 0 Å². The number of aliphatic carboxylic acids is 4. The number of hydrogen-bond acceptors (Lipinski definition) is 16. The van der Waals surface area contributed by atoms with Gasteiger partial charge in [0, 0.05) is 11.3 Å². The van der Waals surface area contributed by atoms with Crippen LogP contribution in [-0.2, 0) is 28.7 Å². The number of thioether (sulfide) groups is 1. The van der Waals surface area contributed by atoms with Gasteiger partial charge in [0.2, 0.25) is 6.29 Å². The predicted octanol–water partition coefficient (Wildman–Crippen LogP) is -2.36. The number of aliphatic hydroxyl groups is 4. The van der Waals surface area contributed by atoms with Gasteiger partial charge in [0.15, 0.2) is 6.10 Å². The quantitative estimate of drug-likeness (QED) is 0.0292. The fraction of sp³-hybridized carbons (Fsp3) is 0.519. The minimum absolute atomic E-state index is 0.0104. The molecule has 7 atom stereocenters. The number of benzene rings is 1. The van der Waals surface area contributed by atoms with Crippen molar-refractivity contribution in [2.24, 2.45) is 4.99 Å². The summed E-state index contributed by atoms with van der Waals surface area (Å²) in [7, 11) is 1.24. The van der Waals surface area contributed by atoms with Crippen molar-refractivity contribution >= 4 is 53.5 Å². The Morgan fingerprint density at radius 1 is 1.04 bits per heavy atom. The lowest BCUT2D eigenvalue weighted by molar-refractivity contribution is -0.271. The van der Waals surface area contributed by atoms with Crippen LogP contribution in [0.15, 0.2) is 22.0 Å². The van der Waals surface area contributed by atoms with Gasteiger partial charge in [-0.05, 0) is 37.9 Å². The van der Waals surface area contributed by atoms with Gasteiger partial charge in [0.05, 0.1) is 24.6 Å². The van der Waals surface area contributed by atoms with E-state index in [4.69, 9.17) is 34.9 Å². The smallest absolute Gasteiger partial charge is 0.349 e. The summed E-state index contributed by atoms with van der Waals surface area (Å²) >= 11 is 0.970. The summed E-state index contributed by atoms with van der Waals surface area (Å²) in [5, 5.41) is 90.0. The number of carboxylic acid groups (broad SMARTS) is 4. The molecule has 0 aromatic heterocycles. The average molecular weight is 705 g/mol. The molecular weight excluding hydrogens is 668 g/mol. The molecule has 1 aliphatic heterocycles. The van der Waals surface area contributed by atoms with Crippen LogP contribution in [0, 0.1) is 5.41 Å². The van der Waals surface area contributed by atoms with E-state index in [-0.39, 0.29) is 53.5 Å². The van der Waals surface area contributed by atoms with Crippen LogP contribution in [-0.4, -0.2) is 145 Å². The number of carbonyl (C=O) groups excluding carboxylic acids is 1. The van der Waals surface area contributed by atoms with E-state index in [1.54, 1.807) is 0 Å². The first-order valence-corrected chi connectivity index (χ1v) is 15.0. The van der Waals surface area contributed by atoms with Gasteiger partial charge in [0.1, 0.15) is 48.0 Å². The van der Waals surface area contributed by atoms with Gasteiger partial charge in [-0.1, -0.05) is 0 Å². The van der Waals surface area contributed by atoms with Gasteiger partial charge in [-0.25, -0.2) is 19.4 Å². The van der Waals surface area contributed by atoms with Gasteiger partial charge in [0.25, 0.3) is 5.91 Å². The number of carboxylic acids is 4. The number of methoxy groups -OCH3 is 1. The van der Waals surface area contributed by atoms with Gasteiger partial charge >= 0.3 is 23.9 Å². The fourth-order valence-electron chi connectivity index (χ4n) is 4.16. The van der Waals surface area contributed by atoms with Crippen molar-refractivity contribution in [2.75, 3.05) is 26.0 Å². The Kier molecular flexibility index (Phi) is 15.8. The van der Waals surface area contributed by atoms with Crippen molar-refractivity contribution < 1.29 is 79.0 Å². The summed E-state index contributed by atoms with van der Waals surface area (Å²) in [5.74, 6) is -6.90. The summed E-state index contributed by atoms with van der Waals surface area (Å²) in [4.78, 5) is 60.5. The minimum atomic E-state index is -2.02. The number of nitrogens with one attached hydrogen (secondary N) is 3. The second-order valence-electron chi connectivity index (χ2n) is 10.0. The number of rotatable bonds is 20. The highest BCUT2D eigenvalue weighted by Crippen LogP contribution is 2.42. The summed E-state index contributed by atoms with van der Waals surface area (Å²) in [6.45, 7) is -0.599. The molecule has 1 aromatic carbocycles. The first-order valence-electron chi connectivity index (χ1n) is 14.0. The highest BCUT2D eigenvalue weighted by molar-refractivity contribution is 7.99. The molecule has 20 nitrogen and oxygen atoms in total. The van der Waals surface area contributed by atoms with E-state index in [1.807, 2.05) is 0 Å². The summed E-state index contributed by atoms with van der Waals surface area (Å²) in [6.07, 6.45) is -11.1. The summed E-state index contributed by atoms with van der Waals surface area (Å²) in [5.41, 5.74) is -0.563. The monoisotopic (exact) mass is 704 g/mol. The Bertz CT molecular complexity index is 1380. The van der Waals surface area contributed by atoms with Crippen molar-refractivity contribution in [3.63, 3.8) is 0 Å². The first kappa shape index (κ1) is 40.0. The zero-order valence-corrected chi connectivity index (χ0v) is 26.0. The van der Waals surface area contributed by atoms with Crippen molar-refractivity contribution in [3.05, 3.63) is 17.7 Å². The van der Waals surface area contributed by atoms with Crippen LogP contribution >= 0.6 is 11.8 Å². The van der Waals surface area contributed by atoms with Crippen LogP contribution in [0.5, 0.6) is 11.5 Å². The topological polar surface area (TPSA) is 335 Å². The van der Waals surface area contributed by atoms with E-state index in [1.165, 1.54) is 19.2 Å². The van der Waals surface area contributed by atoms with E-state index in [0.717, 1.165) is 11.8 Å². The molecule has 0 radical (unpaired) electrons. The molecule has 2 rings (SSSR count). The van der Waals surface area contributed by atoms with Crippen molar-refractivity contribution in [1.82, 2.24) is 10.6 Å². The van der Waals surface area contributed by atoms with Gasteiger partial charge in [-0.15, -0.1) is 11.8 Å². The Morgan fingerprint density at radius 3 is 2.29 bits per heavy atom. The highest BCUT2D eigenvalue weighted by atomic mass is 32.2. The Hall–Kier alpha value is -4.22. The number of aliphatic hydroxyl groups excluding tert-OH is 4. The maximum absolute atomic E-state index is 12.7. The molecule has 1 heterocycles. The predicted molar refractivity (Wildman–Crippen MR) is 161 cm³/mol. The molecule has 266 valence electrons. The molecule has 1 fully saturated rings. The van der Waals surface area contributed by atoms with E-state index in [2.05, 4.69) is 15.6 Å². The Labute approximate surface area is 275 Å². The Balaban J connectivity index is 2.39. The van der Waals surface area contributed by atoms with Crippen molar-refractivity contribution in [2.45, 2.75) is 67.1 Å². The zero-order valence-electron chi connectivity index (χ0n) is 25.2. The lowest BCUT2D eigenvalue weighted by atomic mass is 9.99. The van der Waals surface area contributed by atoms with Crippen LogP contribution in [0.25, 0.3) is 0 Å². The van der Waals surface area contributed by atoms with Crippen molar-refractivity contribution in [3.8, 4) is 11.5 Å². The number of nitrogens with zero attached hydrogens (tertiary/aromatic N) is 1. The third kappa shape index (κ3) is 11.8. The van der Waals surface area contributed by atoms with Gasteiger partial charge < -0.3 is 60.4 Å². The molecule has 1 saturated heterocycles. The fourth-order valence-corrected chi connectivity index (χ4v) is 5.25. The van der Waals surface area contributed by atoms with Gasteiger partial charge in [-0.2, -0.15) is 0 Å². The lowest BCUT2D eigenvalue weighted by Crippen LogP contribution is -2.61. The molecule has 0 spiro atoms. The highest BCUT2D eigenvalue weighted by Gasteiger charge is 2.48. The molecule has 0 bridgehead atoms. The van der Waals surface area contributed by atoms with Crippen LogP contribution in [0.1, 0.15) is 31.1 Å². The van der Waals surface area contributed by atoms with Gasteiger partial charge in [-0.3, -0.25) is 20.3 Å². The maximum Gasteiger partial charge on any atom is 0.349 e. The molecule has 1 aromatic rings. The summed E-state index contributed by atoms with van der Waals surface area (Å²) in [6, 6.07) is 1.41. The normalized spacial score (nSPS) is 22.1. The van der Waals surface area contributed by atoms with E-state index in [9.17, 15) is 49.5 Å². The first-order chi connectivity index (χ1) is 22.6.